The molecule has 0 saturated heterocycles. The third-order valence-electron chi connectivity index (χ3n) is 2.93. The lowest BCUT2D eigenvalue weighted by Crippen LogP contribution is -2.20. The molecule has 0 bridgehead atoms. The van der Waals surface area contributed by atoms with Crippen molar-refractivity contribution >= 4 is 5.69 Å². The van der Waals surface area contributed by atoms with Crippen LogP contribution in [-0.4, -0.2) is 5.11 Å². The van der Waals surface area contributed by atoms with E-state index in [9.17, 15) is 5.11 Å². The van der Waals surface area contributed by atoms with Gasteiger partial charge in [0.25, 0.3) is 0 Å². The van der Waals surface area contributed by atoms with Crippen molar-refractivity contribution in [1.82, 2.24) is 0 Å². The molecule has 0 amide bonds. The van der Waals surface area contributed by atoms with Gasteiger partial charge in [-0.05, 0) is 12.1 Å². The van der Waals surface area contributed by atoms with Crippen LogP contribution in [0.15, 0.2) is 48.5 Å². The maximum absolute atomic E-state index is 9.79. The molecule has 1 heterocycles. The fraction of sp³-hybridized carbons (Fsp3) is 0.143. The normalized spacial score (nSPS) is 18.2. The van der Waals surface area contributed by atoms with E-state index < -0.39 is 0 Å². The third-order valence-corrected chi connectivity index (χ3v) is 2.93. The Kier molecular flexibility index (Phi) is 2.46. The molecule has 1 atom stereocenters. The number of benzene rings is 2. The summed E-state index contributed by atoms with van der Waals surface area (Å²) >= 11 is 0. The van der Waals surface area contributed by atoms with E-state index in [0.717, 1.165) is 16.8 Å². The van der Waals surface area contributed by atoms with Gasteiger partial charge in [-0.2, -0.15) is 0 Å². The standard InChI is InChI=1S/C14H13NO2/c16-13-8-4-2-6-11(13)14-15-12-7-3-1-5-10(12)9-17-14/h1-8,14-16H,9H2. The number of phenols is 1. The zero-order valence-corrected chi connectivity index (χ0v) is 9.26. The smallest absolute Gasteiger partial charge is 0.158 e. The van der Waals surface area contributed by atoms with Crippen LogP contribution in [0.25, 0.3) is 0 Å². The lowest BCUT2D eigenvalue weighted by molar-refractivity contribution is 0.0492. The summed E-state index contributed by atoms with van der Waals surface area (Å²) in [6, 6.07) is 15.2. The molecular weight excluding hydrogens is 214 g/mol. The predicted octanol–water partition coefficient (Wildman–Crippen LogP) is 3.03. The van der Waals surface area contributed by atoms with Crippen LogP contribution in [0.5, 0.6) is 5.75 Å². The monoisotopic (exact) mass is 227 g/mol. The van der Waals surface area contributed by atoms with Gasteiger partial charge in [-0.1, -0.05) is 36.4 Å². The van der Waals surface area contributed by atoms with E-state index in [1.165, 1.54) is 0 Å². The molecule has 86 valence electrons. The molecule has 3 heteroatoms. The number of hydrogen-bond acceptors (Lipinski definition) is 3. The second-order valence-electron chi connectivity index (χ2n) is 4.05. The lowest BCUT2D eigenvalue weighted by atomic mass is 10.1. The molecule has 0 radical (unpaired) electrons. The van der Waals surface area contributed by atoms with Gasteiger partial charge in [-0.25, -0.2) is 0 Å². The number of anilines is 1. The maximum Gasteiger partial charge on any atom is 0.158 e. The minimum Gasteiger partial charge on any atom is -0.507 e. The number of para-hydroxylation sites is 2. The fourth-order valence-corrected chi connectivity index (χ4v) is 2.02. The van der Waals surface area contributed by atoms with Crippen molar-refractivity contribution < 1.29 is 9.84 Å². The van der Waals surface area contributed by atoms with E-state index in [4.69, 9.17) is 4.74 Å². The van der Waals surface area contributed by atoms with E-state index in [-0.39, 0.29) is 12.0 Å². The second kappa shape index (κ2) is 4.11. The number of fused-ring (bicyclic) bond motifs is 1. The first-order chi connectivity index (χ1) is 8.34. The topological polar surface area (TPSA) is 41.5 Å². The first-order valence-electron chi connectivity index (χ1n) is 5.58. The van der Waals surface area contributed by atoms with Crippen LogP contribution in [0, 0.1) is 0 Å². The van der Waals surface area contributed by atoms with E-state index >= 15 is 0 Å². The Hall–Kier alpha value is -2.00. The summed E-state index contributed by atoms with van der Waals surface area (Å²) in [4.78, 5) is 0. The van der Waals surface area contributed by atoms with Gasteiger partial charge in [-0.15, -0.1) is 0 Å². The van der Waals surface area contributed by atoms with Crippen LogP contribution in [0.4, 0.5) is 5.69 Å². The zero-order chi connectivity index (χ0) is 11.7. The number of nitrogens with one attached hydrogen (secondary N) is 1. The number of aromatic hydroxyl groups is 1. The molecule has 0 spiro atoms. The predicted molar refractivity (Wildman–Crippen MR) is 65.7 cm³/mol. The summed E-state index contributed by atoms with van der Waals surface area (Å²) in [5.41, 5.74) is 2.97. The summed E-state index contributed by atoms with van der Waals surface area (Å²) in [5, 5.41) is 13.1. The Morgan fingerprint density at radius 2 is 1.82 bits per heavy atom. The van der Waals surface area contributed by atoms with Crippen LogP contribution in [-0.2, 0) is 11.3 Å². The van der Waals surface area contributed by atoms with E-state index in [2.05, 4.69) is 5.32 Å². The number of phenolic OH excluding ortho intramolecular Hbond substituents is 1. The molecule has 2 aromatic carbocycles. The minimum absolute atomic E-state index is 0.254. The number of ether oxygens (including phenoxy) is 1. The fourth-order valence-electron chi connectivity index (χ4n) is 2.02. The maximum atomic E-state index is 9.79. The Morgan fingerprint density at radius 1 is 1.06 bits per heavy atom. The van der Waals surface area contributed by atoms with Crippen molar-refractivity contribution in [1.29, 1.82) is 0 Å². The minimum atomic E-state index is -0.286. The summed E-state index contributed by atoms with van der Waals surface area (Å²) in [6.07, 6.45) is -0.286. The van der Waals surface area contributed by atoms with Crippen LogP contribution in [0.2, 0.25) is 0 Å². The van der Waals surface area contributed by atoms with Crippen LogP contribution < -0.4 is 5.32 Å². The van der Waals surface area contributed by atoms with Crippen molar-refractivity contribution in [3.63, 3.8) is 0 Å². The van der Waals surface area contributed by atoms with Crippen LogP contribution in [0.1, 0.15) is 17.4 Å². The summed E-state index contributed by atoms with van der Waals surface area (Å²) in [7, 11) is 0. The van der Waals surface area contributed by atoms with E-state index in [1.54, 1.807) is 12.1 Å². The number of rotatable bonds is 1. The van der Waals surface area contributed by atoms with Gasteiger partial charge < -0.3 is 15.2 Å². The van der Waals surface area contributed by atoms with Crippen molar-refractivity contribution in [2.24, 2.45) is 0 Å². The highest BCUT2D eigenvalue weighted by Crippen LogP contribution is 2.33. The lowest BCUT2D eigenvalue weighted by Gasteiger charge is -2.28. The van der Waals surface area contributed by atoms with Crippen molar-refractivity contribution in [3.8, 4) is 5.75 Å². The Bertz CT molecular complexity index is 539. The molecule has 1 aliphatic heterocycles. The average molecular weight is 227 g/mol. The third kappa shape index (κ3) is 1.85. The molecule has 2 aromatic rings. The highest BCUT2D eigenvalue weighted by Gasteiger charge is 2.21. The molecule has 17 heavy (non-hydrogen) atoms. The Labute approximate surface area is 99.7 Å². The summed E-state index contributed by atoms with van der Waals surface area (Å²) in [6.45, 7) is 0.558. The summed E-state index contributed by atoms with van der Waals surface area (Å²) < 4.78 is 5.70. The Morgan fingerprint density at radius 3 is 2.71 bits per heavy atom. The molecule has 0 aromatic heterocycles. The number of hydrogen-bond donors (Lipinski definition) is 2. The van der Waals surface area contributed by atoms with Gasteiger partial charge in [0.05, 0.1) is 6.61 Å². The summed E-state index contributed by atoms with van der Waals surface area (Å²) in [5.74, 6) is 0.254. The first kappa shape index (κ1) is 10.2. The largest absolute Gasteiger partial charge is 0.507 e. The molecule has 1 aliphatic rings. The van der Waals surface area contributed by atoms with Gasteiger partial charge in [-0.3, -0.25) is 0 Å². The van der Waals surface area contributed by atoms with Crippen molar-refractivity contribution in [2.45, 2.75) is 12.8 Å². The molecule has 3 nitrogen and oxygen atoms in total. The molecule has 0 aliphatic carbocycles. The highest BCUT2D eigenvalue weighted by atomic mass is 16.5. The molecular formula is C14H13NO2. The molecule has 2 N–H and O–H groups in total. The van der Waals surface area contributed by atoms with Gasteiger partial charge >= 0.3 is 0 Å². The average Bonchev–Trinajstić information content (AvgIpc) is 2.39. The first-order valence-corrected chi connectivity index (χ1v) is 5.58. The SMILES string of the molecule is Oc1ccccc1C1Nc2ccccc2CO1. The molecule has 1 unspecified atom stereocenters. The highest BCUT2D eigenvalue weighted by molar-refractivity contribution is 5.54. The van der Waals surface area contributed by atoms with E-state index in [1.807, 2.05) is 36.4 Å². The van der Waals surface area contributed by atoms with Crippen LogP contribution in [0.3, 0.4) is 0 Å². The van der Waals surface area contributed by atoms with Crippen molar-refractivity contribution in [3.05, 3.63) is 59.7 Å². The second-order valence-corrected chi connectivity index (χ2v) is 4.05. The van der Waals surface area contributed by atoms with Crippen molar-refractivity contribution in [2.75, 3.05) is 5.32 Å². The van der Waals surface area contributed by atoms with Gasteiger partial charge in [0, 0.05) is 16.8 Å². The quantitative estimate of drug-likeness (QED) is 0.786. The van der Waals surface area contributed by atoms with Gasteiger partial charge in [0.15, 0.2) is 6.23 Å². The molecule has 0 fully saturated rings. The van der Waals surface area contributed by atoms with Crippen LogP contribution >= 0.6 is 0 Å². The molecule has 3 rings (SSSR count). The zero-order valence-electron chi connectivity index (χ0n) is 9.26. The Balaban J connectivity index is 1.92. The van der Waals surface area contributed by atoms with Gasteiger partial charge in [0.2, 0.25) is 0 Å². The molecule has 0 saturated carbocycles. The van der Waals surface area contributed by atoms with Gasteiger partial charge in [0.1, 0.15) is 5.75 Å². The van der Waals surface area contributed by atoms with E-state index in [0.29, 0.717) is 6.61 Å².